The Morgan fingerprint density at radius 3 is 2.85 bits per heavy atom. The third kappa shape index (κ3) is 2.67. The summed E-state index contributed by atoms with van der Waals surface area (Å²) in [6, 6.07) is 6.11. The van der Waals surface area contributed by atoms with Gasteiger partial charge in [-0.25, -0.2) is 4.98 Å². The van der Waals surface area contributed by atoms with Gasteiger partial charge in [-0.3, -0.25) is 5.10 Å². The Hall–Kier alpha value is -1.88. The maximum Gasteiger partial charge on any atom is 0.128 e. The molecule has 2 aromatic rings. The Kier molecular flexibility index (Phi) is 3.44. The second kappa shape index (κ2) is 5.25. The largest absolute Gasteiger partial charge is 0.391 e. The van der Waals surface area contributed by atoms with Crippen molar-refractivity contribution in [2.24, 2.45) is 5.92 Å². The third-order valence-electron chi connectivity index (χ3n) is 3.86. The van der Waals surface area contributed by atoms with Crippen molar-refractivity contribution in [3.05, 3.63) is 41.3 Å². The van der Waals surface area contributed by atoms with E-state index in [1.807, 2.05) is 32.2 Å². The number of aromatic nitrogens is 3. The fraction of sp³-hybridized carbons (Fsp3) is 0.467. The minimum atomic E-state index is -0.324. The summed E-state index contributed by atoms with van der Waals surface area (Å²) in [5, 5.41) is 17.4. The highest BCUT2D eigenvalue weighted by Crippen LogP contribution is 2.25. The molecule has 0 saturated carbocycles. The van der Waals surface area contributed by atoms with Crippen molar-refractivity contribution in [3.8, 4) is 0 Å². The molecule has 0 bridgehead atoms. The summed E-state index contributed by atoms with van der Waals surface area (Å²) < 4.78 is 0. The lowest BCUT2D eigenvalue weighted by Crippen LogP contribution is -2.21. The summed E-state index contributed by atoms with van der Waals surface area (Å²) in [6.07, 6.45) is 2.34. The van der Waals surface area contributed by atoms with Crippen LogP contribution >= 0.6 is 0 Å². The van der Waals surface area contributed by atoms with Gasteiger partial charge in [0, 0.05) is 30.9 Å². The van der Waals surface area contributed by atoms with E-state index in [1.165, 1.54) is 0 Å². The molecule has 0 amide bonds. The monoisotopic (exact) mass is 272 g/mol. The molecule has 3 rings (SSSR count). The van der Waals surface area contributed by atoms with Gasteiger partial charge in [0.2, 0.25) is 0 Å². The molecule has 1 aliphatic rings. The zero-order valence-corrected chi connectivity index (χ0v) is 11.9. The normalized spacial score (nSPS) is 22.4. The van der Waals surface area contributed by atoms with E-state index in [0.717, 1.165) is 35.7 Å². The van der Waals surface area contributed by atoms with E-state index in [2.05, 4.69) is 26.1 Å². The first-order valence-electron chi connectivity index (χ1n) is 6.98. The minimum Gasteiger partial charge on any atom is -0.391 e. The van der Waals surface area contributed by atoms with Gasteiger partial charge in [-0.05, 0) is 38.0 Å². The molecule has 5 heteroatoms. The van der Waals surface area contributed by atoms with Gasteiger partial charge >= 0.3 is 0 Å². The van der Waals surface area contributed by atoms with Crippen molar-refractivity contribution in [3.63, 3.8) is 0 Å². The lowest BCUT2D eigenvalue weighted by molar-refractivity contribution is 0.148. The number of pyridine rings is 1. The third-order valence-corrected chi connectivity index (χ3v) is 3.86. The fourth-order valence-electron chi connectivity index (χ4n) is 2.74. The molecule has 2 N–H and O–H groups in total. The van der Waals surface area contributed by atoms with E-state index in [0.29, 0.717) is 6.54 Å². The standard InChI is InChI=1S/C15H20N4O/c1-10-3-4-15(16-7-10)19-8-12(14(20)9-19)6-13-5-11(2)17-18-13/h3-5,7,12,14,20H,6,8-9H2,1-2H3,(H,17,18)/t12-,14+/m1/s1. The Morgan fingerprint density at radius 2 is 2.20 bits per heavy atom. The van der Waals surface area contributed by atoms with Crippen LogP contribution in [0.2, 0.25) is 0 Å². The minimum absolute atomic E-state index is 0.209. The molecular weight excluding hydrogens is 252 g/mol. The SMILES string of the molecule is Cc1ccc(N2C[C@@H](Cc3cc(C)[nH]n3)[C@@H](O)C2)nc1. The van der Waals surface area contributed by atoms with Crippen molar-refractivity contribution in [2.45, 2.75) is 26.4 Å². The number of aryl methyl sites for hydroxylation is 2. The first-order valence-corrected chi connectivity index (χ1v) is 6.98. The molecule has 3 heterocycles. The number of anilines is 1. The number of rotatable bonds is 3. The average Bonchev–Trinajstić information content (AvgIpc) is 2.98. The van der Waals surface area contributed by atoms with E-state index >= 15 is 0 Å². The number of hydrogen-bond donors (Lipinski definition) is 2. The Balaban J connectivity index is 1.68. The van der Waals surface area contributed by atoms with Crippen LogP contribution in [0.25, 0.3) is 0 Å². The lowest BCUT2D eigenvalue weighted by atomic mass is 10.0. The second-order valence-electron chi connectivity index (χ2n) is 5.67. The van der Waals surface area contributed by atoms with Crippen LogP contribution in [0.4, 0.5) is 5.82 Å². The molecule has 0 aliphatic carbocycles. The molecule has 0 unspecified atom stereocenters. The topological polar surface area (TPSA) is 65.0 Å². The van der Waals surface area contributed by atoms with Crippen molar-refractivity contribution < 1.29 is 5.11 Å². The number of hydrogen-bond acceptors (Lipinski definition) is 4. The number of aliphatic hydroxyl groups is 1. The molecule has 0 radical (unpaired) electrons. The van der Waals surface area contributed by atoms with Gasteiger partial charge in [-0.15, -0.1) is 0 Å². The molecule has 20 heavy (non-hydrogen) atoms. The molecule has 2 atom stereocenters. The van der Waals surface area contributed by atoms with E-state index in [1.54, 1.807) is 0 Å². The molecule has 106 valence electrons. The van der Waals surface area contributed by atoms with Crippen LogP contribution in [0.3, 0.4) is 0 Å². The van der Waals surface area contributed by atoms with Crippen LogP contribution in [-0.2, 0) is 6.42 Å². The number of aromatic amines is 1. The Bertz CT molecular complexity index is 578. The lowest BCUT2D eigenvalue weighted by Gasteiger charge is -2.16. The number of aliphatic hydroxyl groups excluding tert-OH is 1. The molecular formula is C15H20N4O. The summed E-state index contributed by atoms with van der Waals surface area (Å²) in [4.78, 5) is 6.58. The summed E-state index contributed by atoms with van der Waals surface area (Å²) >= 11 is 0. The first kappa shape index (κ1) is 13.1. The van der Waals surface area contributed by atoms with E-state index in [4.69, 9.17) is 0 Å². The molecule has 0 spiro atoms. The average molecular weight is 272 g/mol. The smallest absolute Gasteiger partial charge is 0.128 e. The van der Waals surface area contributed by atoms with E-state index < -0.39 is 0 Å². The number of nitrogens with zero attached hydrogens (tertiary/aromatic N) is 3. The maximum atomic E-state index is 10.2. The zero-order chi connectivity index (χ0) is 14.1. The van der Waals surface area contributed by atoms with Crippen molar-refractivity contribution in [2.75, 3.05) is 18.0 Å². The second-order valence-corrected chi connectivity index (χ2v) is 5.67. The predicted molar refractivity (Wildman–Crippen MR) is 77.7 cm³/mol. The molecule has 1 aliphatic heterocycles. The van der Waals surface area contributed by atoms with Crippen LogP contribution in [-0.4, -0.2) is 39.5 Å². The maximum absolute atomic E-state index is 10.2. The van der Waals surface area contributed by atoms with Gasteiger partial charge in [0.1, 0.15) is 5.82 Å². The van der Waals surface area contributed by atoms with Crippen LogP contribution in [0, 0.1) is 19.8 Å². The molecule has 5 nitrogen and oxygen atoms in total. The zero-order valence-electron chi connectivity index (χ0n) is 11.9. The van der Waals surface area contributed by atoms with Gasteiger partial charge in [0.05, 0.1) is 11.8 Å². The van der Waals surface area contributed by atoms with Crippen molar-refractivity contribution >= 4 is 5.82 Å². The fourth-order valence-corrected chi connectivity index (χ4v) is 2.74. The summed E-state index contributed by atoms with van der Waals surface area (Å²) in [6.45, 7) is 5.48. The number of β-amino-alcohol motifs (C(OH)–C–C–N with tert-alkyl or cyclic N) is 1. The number of nitrogens with one attached hydrogen (secondary N) is 1. The van der Waals surface area contributed by atoms with Crippen LogP contribution < -0.4 is 4.90 Å². The Morgan fingerprint density at radius 1 is 1.35 bits per heavy atom. The first-order chi connectivity index (χ1) is 9.61. The Labute approximate surface area is 118 Å². The van der Waals surface area contributed by atoms with Crippen LogP contribution in [0.5, 0.6) is 0 Å². The highest BCUT2D eigenvalue weighted by atomic mass is 16.3. The van der Waals surface area contributed by atoms with Crippen molar-refractivity contribution in [1.29, 1.82) is 0 Å². The predicted octanol–water partition coefficient (Wildman–Crippen LogP) is 1.46. The van der Waals surface area contributed by atoms with Gasteiger partial charge in [0.15, 0.2) is 0 Å². The van der Waals surface area contributed by atoms with Gasteiger partial charge in [0.25, 0.3) is 0 Å². The van der Waals surface area contributed by atoms with Gasteiger partial charge < -0.3 is 10.0 Å². The van der Waals surface area contributed by atoms with Crippen molar-refractivity contribution in [1.82, 2.24) is 15.2 Å². The van der Waals surface area contributed by atoms with E-state index in [9.17, 15) is 5.11 Å². The molecule has 2 aromatic heterocycles. The molecule has 1 fully saturated rings. The van der Waals surface area contributed by atoms with Gasteiger partial charge in [-0.2, -0.15) is 5.10 Å². The van der Waals surface area contributed by atoms with E-state index in [-0.39, 0.29) is 12.0 Å². The summed E-state index contributed by atoms with van der Waals surface area (Å²) in [5.74, 6) is 1.15. The summed E-state index contributed by atoms with van der Waals surface area (Å²) in [7, 11) is 0. The summed E-state index contributed by atoms with van der Waals surface area (Å²) in [5.41, 5.74) is 3.23. The van der Waals surface area contributed by atoms with Crippen LogP contribution in [0.15, 0.2) is 24.4 Å². The van der Waals surface area contributed by atoms with Crippen LogP contribution in [0.1, 0.15) is 17.0 Å². The quantitative estimate of drug-likeness (QED) is 0.888. The van der Waals surface area contributed by atoms with Gasteiger partial charge in [-0.1, -0.05) is 6.07 Å². The highest BCUT2D eigenvalue weighted by molar-refractivity contribution is 5.41. The molecule has 1 saturated heterocycles. The highest BCUT2D eigenvalue weighted by Gasteiger charge is 2.32. The molecule has 0 aromatic carbocycles. The number of H-pyrrole nitrogens is 1.